The van der Waals surface area contributed by atoms with Crippen molar-refractivity contribution < 1.29 is 14.5 Å². The smallest absolute Gasteiger partial charge is 0.331 e. The first kappa shape index (κ1) is 16.3. The van der Waals surface area contributed by atoms with Crippen molar-refractivity contribution in [3.05, 3.63) is 88.1 Å². The monoisotopic (exact) mass is 334 g/mol. The number of carbonyl (C=O) groups is 1. The Morgan fingerprint density at radius 1 is 1.12 bits per heavy atom. The number of hydrogen-bond donors (Lipinski definition) is 0. The number of para-hydroxylation sites is 1. The Morgan fingerprint density at radius 2 is 1.88 bits per heavy atom. The number of non-ortho nitro benzene ring substituents is 1. The summed E-state index contributed by atoms with van der Waals surface area (Å²) in [6.45, 7) is 0.0506. The molecule has 6 nitrogen and oxygen atoms in total. The van der Waals surface area contributed by atoms with Crippen molar-refractivity contribution in [2.75, 3.05) is 0 Å². The Morgan fingerprint density at radius 3 is 2.64 bits per heavy atom. The highest BCUT2D eigenvalue weighted by Gasteiger charge is 2.05. The van der Waals surface area contributed by atoms with E-state index in [1.54, 1.807) is 24.4 Å². The molecule has 0 unspecified atom stereocenters. The van der Waals surface area contributed by atoms with E-state index in [4.69, 9.17) is 4.74 Å². The van der Waals surface area contributed by atoms with Gasteiger partial charge in [-0.25, -0.2) is 4.79 Å². The summed E-state index contributed by atoms with van der Waals surface area (Å²) in [5.41, 5.74) is 2.31. The zero-order valence-electron chi connectivity index (χ0n) is 13.2. The summed E-state index contributed by atoms with van der Waals surface area (Å²) < 4.78 is 5.15. The molecule has 0 aliphatic rings. The molecule has 25 heavy (non-hydrogen) atoms. The van der Waals surface area contributed by atoms with E-state index >= 15 is 0 Å². The number of esters is 1. The third-order valence-corrected chi connectivity index (χ3v) is 3.59. The fraction of sp³-hybridized carbons (Fsp3) is 0.0526. The lowest BCUT2D eigenvalue weighted by Gasteiger charge is -2.03. The lowest BCUT2D eigenvalue weighted by atomic mass is 10.1. The number of aromatic nitrogens is 1. The van der Waals surface area contributed by atoms with E-state index in [2.05, 4.69) is 4.98 Å². The second-order valence-electron chi connectivity index (χ2n) is 5.29. The average molecular weight is 334 g/mol. The maximum absolute atomic E-state index is 11.9. The molecule has 0 saturated heterocycles. The molecule has 0 aliphatic carbocycles. The minimum atomic E-state index is -0.494. The number of ether oxygens (including phenoxy) is 1. The van der Waals surface area contributed by atoms with Gasteiger partial charge in [-0.3, -0.25) is 15.1 Å². The van der Waals surface area contributed by atoms with Gasteiger partial charge in [-0.15, -0.1) is 0 Å². The second-order valence-corrected chi connectivity index (χ2v) is 5.29. The van der Waals surface area contributed by atoms with Crippen LogP contribution in [-0.4, -0.2) is 15.9 Å². The highest BCUT2D eigenvalue weighted by atomic mass is 16.6. The first-order valence-corrected chi connectivity index (χ1v) is 7.55. The molecule has 0 radical (unpaired) electrons. The van der Waals surface area contributed by atoms with Crippen LogP contribution in [0.2, 0.25) is 0 Å². The SMILES string of the molecule is O=C(/C=C/c1cccc2cccnc12)OCc1ccc([N+](=O)[O-])cc1. The van der Waals surface area contributed by atoms with Gasteiger partial charge in [-0.2, -0.15) is 0 Å². The van der Waals surface area contributed by atoms with Gasteiger partial charge in [-0.1, -0.05) is 24.3 Å². The van der Waals surface area contributed by atoms with Crippen LogP contribution in [0, 0.1) is 10.1 Å². The second kappa shape index (κ2) is 7.35. The van der Waals surface area contributed by atoms with Crippen LogP contribution in [0.1, 0.15) is 11.1 Å². The van der Waals surface area contributed by atoms with E-state index in [1.807, 2.05) is 30.3 Å². The first-order valence-electron chi connectivity index (χ1n) is 7.55. The fourth-order valence-electron chi connectivity index (χ4n) is 2.34. The maximum Gasteiger partial charge on any atom is 0.331 e. The standard InChI is InChI=1S/C19H14N2O4/c22-18(25-13-14-6-9-17(10-7-14)21(23)24)11-8-16-4-1-3-15-5-2-12-20-19(15)16/h1-12H,13H2/b11-8+. The van der Waals surface area contributed by atoms with E-state index in [-0.39, 0.29) is 12.3 Å². The molecule has 0 amide bonds. The molecule has 0 aliphatic heterocycles. The average Bonchev–Trinajstić information content (AvgIpc) is 2.65. The van der Waals surface area contributed by atoms with Crippen molar-refractivity contribution in [3.8, 4) is 0 Å². The van der Waals surface area contributed by atoms with Crippen LogP contribution in [-0.2, 0) is 16.1 Å². The van der Waals surface area contributed by atoms with Crippen molar-refractivity contribution >= 4 is 28.6 Å². The fourth-order valence-corrected chi connectivity index (χ4v) is 2.34. The van der Waals surface area contributed by atoms with Crippen LogP contribution in [0.25, 0.3) is 17.0 Å². The molecule has 1 aromatic heterocycles. The van der Waals surface area contributed by atoms with Gasteiger partial charge in [0.15, 0.2) is 0 Å². The van der Waals surface area contributed by atoms with E-state index in [9.17, 15) is 14.9 Å². The van der Waals surface area contributed by atoms with E-state index in [0.717, 1.165) is 16.5 Å². The van der Waals surface area contributed by atoms with Gasteiger partial charge in [0.2, 0.25) is 0 Å². The lowest BCUT2D eigenvalue weighted by Crippen LogP contribution is -2.01. The van der Waals surface area contributed by atoms with Gasteiger partial charge >= 0.3 is 5.97 Å². The van der Waals surface area contributed by atoms with Gasteiger partial charge in [0.25, 0.3) is 5.69 Å². The molecule has 1 heterocycles. The third-order valence-electron chi connectivity index (χ3n) is 3.59. The van der Waals surface area contributed by atoms with Gasteiger partial charge in [0, 0.05) is 35.4 Å². The van der Waals surface area contributed by atoms with Crippen molar-refractivity contribution in [2.45, 2.75) is 6.61 Å². The molecule has 0 saturated carbocycles. The number of rotatable bonds is 5. The zero-order valence-corrected chi connectivity index (χ0v) is 13.2. The van der Waals surface area contributed by atoms with Crippen LogP contribution in [0.3, 0.4) is 0 Å². The number of hydrogen-bond acceptors (Lipinski definition) is 5. The van der Waals surface area contributed by atoms with Crippen LogP contribution < -0.4 is 0 Å². The maximum atomic E-state index is 11.9. The minimum Gasteiger partial charge on any atom is -0.458 e. The summed E-state index contributed by atoms with van der Waals surface area (Å²) >= 11 is 0. The number of pyridine rings is 1. The predicted molar refractivity (Wildman–Crippen MR) is 93.7 cm³/mol. The Kier molecular flexibility index (Phi) is 4.80. The normalized spacial score (nSPS) is 10.9. The largest absolute Gasteiger partial charge is 0.458 e. The molecule has 0 N–H and O–H groups in total. The molecule has 124 valence electrons. The number of carbonyl (C=O) groups excluding carboxylic acids is 1. The van der Waals surface area contributed by atoms with Crippen molar-refractivity contribution in [2.24, 2.45) is 0 Å². The van der Waals surface area contributed by atoms with Crippen molar-refractivity contribution in [3.63, 3.8) is 0 Å². The zero-order chi connectivity index (χ0) is 17.6. The number of nitro groups is 1. The molecular formula is C19H14N2O4. The minimum absolute atomic E-state index is 0.00146. The van der Waals surface area contributed by atoms with Gasteiger partial charge in [0.05, 0.1) is 10.4 Å². The molecule has 0 atom stereocenters. The van der Waals surface area contributed by atoms with Gasteiger partial charge in [0.1, 0.15) is 6.61 Å². The summed E-state index contributed by atoms with van der Waals surface area (Å²) in [5, 5.41) is 11.6. The van der Waals surface area contributed by atoms with Gasteiger partial charge < -0.3 is 4.74 Å². The number of benzene rings is 2. The third kappa shape index (κ3) is 4.06. The molecule has 2 aromatic carbocycles. The summed E-state index contributed by atoms with van der Waals surface area (Å²) in [7, 11) is 0. The topological polar surface area (TPSA) is 82.3 Å². The number of nitrogens with zero attached hydrogens (tertiary/aromatic N) is 2. The van der Waals surface area contributed by atoms with Gasteiger partial charge in [-0.05, 0) is 29.8 Å². The van der Waals surface area contributed by atoms with Crippen LogP contribution in [0.15, 0.2) is 66.9 Å². The summed E-state index contributed by atoms with van der Waals surface area (Å²) in [6.07, 6.45) is 4.70. The molecule has 6 heteroatoms. The Hall–Kier alpha value is -3.54. The lowest BCUT2D eigenvalue weighted by molar-refractivity contribution is -0.384. The number of nitro benzene ring substituents is 1. The Balaban J connectivity index is 1.64. The summed E-state index contributed by atoms with van der Waals surface area (Å²) in [6, 6.07) is 15.4. The molecule has 0 bridgehead atoms. The summed E-state index contributed by atoms with van der Waals surface area (Å²) in [4.78, 5) is 26.3. The molecule has 3 aromatic rings. The molecular weight excluding hydrogens is 320 g/mol. The summed E-state index contributed by atoms with van der Waals surface area (Å²) in [5.74, 6) is -0.494. The quantitative estimate of drug-likeness (QED) is 0.306. The highest BCUT2D eigenvalue weighted by molar-refractivity contribution is 5.92. The van der Waals surface area contributed by atoms with Crippen LogP contribution in [0.5, 0.6) is 0 Å². The van der Waals surface area contributed by atoms with Crippen molar-refractivity contribution in [1.29, 1.82) is 0 Å². The Labute approximate surface area is 143 Å². The predicted octanol–water partition coefficient (Wildman–Crippen LogP) is 3.90. The van der Waals surface area contributed by atoms with E-state index in [1.165, 1.54) is 18.2 Å². The molecule has 0 fully saturated rings. The molecule has 0 spiro atoms. The highest BCUT2D eigenvalue weighted by Crippen LogP contribution is 2.17. The van der Waals surface area contributed by atoms with E-state index < -0.39 is 10.9 Å². The molecule has 3 rings (SSSR count). The van der Waals surface area contributed by atoms with Crippen LogP contribution in [0.4, 0.5) is 5.69 Å². The first-order chi connectivity index (χ1) is 12.1. The Bertz CT molecular complexity index is 944. The van der Waals surface area contributed by atoms with Crippen LogP contribution >= 0.6 is 0 Å². The van der Waals surface area contributed by atoms with Crippen molar-refractivity contribution in [1.82, 2.24) is 4.98 Å². The number of fused-ring (bicyclic) bond motifs is 1. The van der Waals surface area contributed by atoms with E-state index in [0.29, 0.717) is 5.56 Å².